The van der Waals surface area contributed by atoms with Gasteiger partial charge >= 0.3 is 0 Å². The van der Waals surface area contributed by atoms with Gasteiger partial charge in [-0.3, -0.25) is 0 Å². The minimum Gasteiger partial charge on any atom is -0.0622 e. The lowest BCUT2D eigenvalue weighted by atomic mass is 10.3. The van der Waals surface area contributed by atoms with Gasteiger partial charge in [0.2, 0.25) is 0 Å². The first kappa shape index (κ1) is 8.74. The molecule has 0 nitrogen and oxygen atoms in total. The first-order valence-electron chi connectivity index (χ1n) is 3.54. The molecule has 0 saturated heterocycles. The Hall–Kier alpha value is 0.160. The van der Waals surface area contributed by atoms with Crippen LogP contribution >= 0.6 is 30.8 Å². The molecule has 0 atom stereocenters. The lowest BCUT2D eigenvalue weighted by Crippen LogP contribution is -1.69. The second kappa shape index (κ2) is 4.41. The number of rotatable bonds is 0. The van der Waals surface area contributed by atoms with Crippen LogP contribution in [0.15, 0.2) is 24.3 Å². The van der Waals surface area contributed by atoms with Gasteiger partial charge in [0, 0.05) is 10.6 Å². The molecule has 0 N–H and O–H groups in total. The molecule has 0 radical (unpaired) electrons. The Balaban J connectivity index is 2.54. The van der Waals surface area contributed by atoms with E-state index in [9.17, 15) is 0 Å². The van der Waals surface area contributed by atoms with E-state index in [1.54, 1.807) is 0 Å². The molecule has 0 saturated carbocycles. The van der Waals surface area contributed by atoms with Crippen LogP contribution < -0.4 is 0 Å². The summed E-state index contributed by atoms with van der Waals surface area (Å²) in [6.07, 6.45) is 12.9. The molecule has 0 bridgehead atoms. The lowest BCUT2D eigenvalue weighted by Gasteiger charge is -1.97. The summed E-state index contributed by atoms with van der Waals surface area (Å²) in [6.45, 7) is 0. The van der Waals surface area contributed by atoms with Crippen LogP contribution in [0, 0.1) is 0 Å². The number of allylic oxidation sites excluding steroid dienone is 4. The Morgan fingerprint density at radius 1 is 0.667 bits per heavy atom. The molecule has 1 aliphatic carbocycles. The first-order valence-corrected chi connectivity index (χ1v) is 9.24. The van der Waals surface area contributed by atoms with Crippen molar-refractivity contribution in [2.75, 3.05) is 0 Å². The smallest absolute Gasteiger partial charge is 0.0188 e. The molecule has 2 rings (SSSR count). The molecule has 0 aliphatic heterocycles. The predicted octanol–water partition coefficient (Wildman–Crippen LogP) is 5.60. The quantitative estimate of drug-likeness (QED) is 0.539. The van der Waals surface area contributed by atoms with Crippen LogP contribution in [0.25, 0.3) is 12.2 Å². The zero-order valence-electron chi connectivity index (χ0n) is 6.25. The molecular formula is C8H6P4. The lowest BCUT2D eigenvalue weighted by molar-refractivity contribution is 1.89. The Labute approximate surface area is 78.2 Å². The molecule has 0 spiro atoms. The van der Waals surface area contributed by atoms with Crippen LogP contribution in [0.3, 0.4) is 0 Å². The monoisotopic (exact) mass is 226 g/mol. The van der Waals surface area contributed by atoms with Crippen molar-refractivity contribution in [2.24, 2.45) is 0 Å². The predicted molar refractivity (Wildman–Crippen MR) is 63.7 cm³/mol. The molecular weight excluding hydrogens is 220 g/mol. The van der Waals surface area contributed by atoms with Gasteiger partial charge in [-0.25, -0.2) is 0 Å². The molecule has 1 aliphatic rings. The molecule has 0 amide bonds. The zero-order chi connectivity index (χ0) is 8.23. The Bertz CT molecular complexity index is 330. The molecule has 1 heterocycles. The Kier molecular flexibility index (Phi) is 3.21. The maximum absolute atomic E-state index is 2.23. The number of hydrogen-bond donors (Lipinski definition) is 0. The summed E-state index contributed by atoms with van der Waals surface area (Å²) >= 11 is 0. The van der Waals surface area contributed by atoms with Gasteiger partial charge in [0.25, 0.3) is 0 Å². The summed E-state index contributed by atoms with van der Waals surface area (Å²) in [6, 6.07) is 0. The summed E-state index contributed by atoms with van der Waals surface area (Å²) in [5, 5.41) is 2.97. The molecule has 0 fully saturated rings. The van der Waals surface area contributed by atoms with Crippen molar-refractivity contribution in [3.63, 3.8) is 0 Å². The van der Waals surface area contributed by atoms with Gasteiger partial charge < -0.3 is 0 Å². The highest BCUT2D eigenvalue weighted by Gasteiger charge is 1.95. The molecule has 1 aromatic heterocycles. The summed E-state index contributed by atoms with van der Waals surface area (Å²) in [7, 11) is 5.95. The van der Waals surface area contributed by atoms with Crippen molar-refractivity contribution < 1.29 is 0 Å². The van der Waals surface area contributed by atoms with E-state index >= 15 is 0 Å². The molecule has 58 valence electrons. The number of fused-ring (bicyclic) bond motifs is 1. The van der Waals surface area contributed by atoms with Crippen molar-refractivity contribution in [1.82, 2.24) is 0 Å². The first-order chi connectivity index (χ1) is 5.97. The second-order valence-corrected chi connectivity index (χ2v) is 9.47. The highest BCUT2D eigenvalue weighted by atomic mass is 32.3. The molecule has 0 unspecified atom stereocenters. The number of hydrogen-bond acceptors (Lipinski definition) is 0. The third kappa shape index (κ3) is 2.10. The van der Waals surface area contributed by atoms with Gasteiger partial charge in [-0.15, -0.1) is 0 Å². The van der Waals surface area contributed by atoms with Crippen LogP contribution in [-0.4, -0.2) is 0 Å². The van der Waals surface area contributed by atoms with Crippen molar-refractivity contribution >= 4 is 43.0 Å². The van der Waals surface area contributed by atoms with Gasteiger partial charge in [0.1, 0.15) is 0 Å². The Morgan fingerprint density at radius 2 is 1.17 bits per heavy atom. The van der Waals surface area contributed by atoms with E-state index in [1.807, 2.05) is 0 Å². The van der Waals surface area contributed by atoms with Crippen LogP contribution in [0.5, 0.6) is 0 Å². The van der Waals surface area contributed by atoms with Crippen molar-refractivity contribution in [3.05, 3.63) is 34.9 Å². The fourth-order valence-corrected chi connectivity index (χ4v) is 9.08. The standard InChI is InChI=1S/C8H6P4/c1-2-4-6-8-7(5-3-1)9-11-12-10-8/h1-6H. The third-order valence-electron chi connectivity index (χ3n) is 1.45. The highest BCUT2D eigenvalue weighted by molar-refractivity contribution is 8.30. The minimum atomic E-state index is 1.46. The van der Waals surface area contributed by atoms with Crippen LogP contribution in [0.2, 0.25) is 0 Å². The topological polar surface area (TPSA) is 0 Å². The van der Waals surface area contributed by atoms with Crippen LogP contribution in [0.1, 0.15) is 10.6 Å². The van der Waals surface area contributed by atoms with Gasteiger partial charge in [0.15, 0.2) is 0 Å². The van der Waals surface area contributed by atoms with E-state index in [1.165, 1.54) is 41.4 Å². The van der Waals surface area contributed by atoms with E-state index in [0.717, 1.165) is 0 Å². The summed E-state index contributed by atoms with van der Waals surface area (Å²) in [5.41, 5.74) is 0. The summed E-state index contributed by atoms with van der Waals surface area (Å²) in [5.74, 6) is 0. The van der Waals surface area contributed by atoms with Gasteiger partial charge in [-0.1, -0.05) is 24.3 Å². The summed E-state index contributed by atoms with van der Waals surface area (Å²) in [4.78, 5) is 0. The maximum atomic E-state index is 2.23. The molecule has 12 heavy (non-hydrogen) atoms. The van der Waals surface area contributed by atoms with E-state index < -0.39 is 0 Å². The fourth-order valence-electron chi connectivity index (χ4n) is 0.898. The highest BCUT2D eigenvalue weighted by Crippen LogP contribution is 2.44. The molecule has 0 aromatic carbocycles. The van der Waals surface area contributed by atoms with E-state index in [0.29, 0.717) is 0 Å². The van der Waals surface area contributed by atoms with Crippen LogP contribution in [-0.2, 0) is 0 Å². The minimum absolute atomic E-state index is 1.46. The fraction of sp³-hybridized carbons (Fsp3) is 0. The normalized spacial score (nSPS) is 16.3. The van der Waals surface area contributed by atoms with Gasteiger partial charge in [0.05, 0.1) is 0 Å². The van der Waals surface area contributed by atoms with Crippen molar-refractivity contribution in [3.8, 4) is 0 Å². The molecule has 4 heteroatoms. The zero-order valence-corrected chi connectivity index (χ0v) is 9.83. The maximum Gasteiger partial charge on any atom is 0.0188 e. The SMILES string of the molecule is C1=CC=Cc2ppppc2C=C1. The van der Waals surface area contributed by atoms with Gasteiger partial charge in [-0.2, -0.15) is 0 Å². The average molecular weight is 226 g/mol. The average Bonchev–Trinajstić information content (AvgIpc) is 2.06. The Morgan fingerprint density at radius 3 is 1.67 bits per heavy atom. The van der Waals surface area contributed by atoms with Crippen molar-refractivity contribution in [2.45, 2.75) is 0 Å². The van der Waals surface area contributed by atoms with Crippen molar-refractivity contribution in [1.29, 1.82) is 0 Å². The van der Waals surface area contributed by atoms with Gasteiger partial charge in [-0.05, 0) is 43.0 Å². The molecule has 1 aromatic rings. The van der Waals surface area contributed by atoms with Crippen LogP contribution in [0.4, 0.5) is 0 Å². The largest absolute Gasteiger partial charge is 0.0622 e. The summed E-state index contributed by atoms with van der Waals surface area (Å²) < 4.78 is 0. The third-order valence-corrected chi connectivity index (χ3v) is 9.65. The van der Waals surface area contributed by atoms with E-state index in [-0.39, 0.29) is 0 Å². The second-order valence-electron chi connectivity index (χ2n) is 2.25. The van der Waals surface area contributed by atoms with E-state index in [4.69, 9.17) is 0 Å². The van der Waals surface area contributed by atoms with E-state index in [2.05, 4.69) is 36.5 Å².